The third kappa shape index (κ3) is 3.64. The van der Waals surface area contributed by atoms with E-state index in [2.05, 4.69) is 127 Å². The topological polar surface area (TPSA) is 23.5 Å². The smallest absolute Gasteiger partial charge is 0.249 e. The number of H-pyrrole nitrogens is 1. The third-order valence-electron chi connectivity index (χ3n) is 8.83. The van der Waals surface area contributed by atoms with Crippen LogP contribution in [0.4, 0.5) is 0 Å². The Morgan fingerprint density at radius 3 is 2.59 bits per heavy atom. The van der Waals surface area contributed by atoms with E-state index in [9.17, 15) is 0 Å². The minimum Gasteiger partial charge on any atom is -0.361 e. The van der Waals surface area contributed by atoms with Gasteiger partial charge < -0.3 is 4.98 Å². The molecular formula is C36H35N3+2. The molecule has 7 rings (SSSR count). The molecule has 2 atom stereocenters. The molecule has 0 spiro atoms. The summed E-state index contributed by atoms with van der Waals surface area (Å²) < 4.78 is 4.86. The fraction of sp³-hybridized carbons (Fsp3) is 0.222. The molecule has 2 unspecified atom stereocenters. The van der Waals surface area contributed by atoms with Gasteiger partial charge in [0.15, 0.2) is 12.4 Å². The lowest BCUT2D eigenvalue weighted by Gasteiger charge is -2.29. The van der Waals surface area contributed by atoms with Crippen LogP contribution in [0.2, 0.25) is 0 Å². The molecular weight excluding hydrogens is 474 g/mol. The molecule has 0 fully saturated rings. The minimum atomic E-state index is 0.0216. The lowest BCUT2D eigenvalue weighted by atomic mass is 9.78. The number of rotatable bonds is 1. The molecule has 5 heterocycles. The van der Waals surface area contributed by atoms with E-state index in [1.807, 2.05) is 6.08 Å². The molecule has 0 aliphatic carbocycles. The number of nitrogens with zero attached hydrogens (tertiary/aromatic N) is 2. The summed E-state index contributed by atoms with van der Waals surface area (Å²) >= 11 is 0. The Balaban J connectivity index is 1.54. The first kappa shape index (κ1) is 23.8. The molecule has 2 aliphatic rings. The number of hydrogen-bond donors (Lipinski definition) is 1. The predicted molar refractivity (Wildman–Crippen MR) is 160 cm³/mol. The molecule has 0 amide bonds. The van der Waals surface area contributed by atoms with Crippen LogP contribution in [0.5, 0.6) is 0 Å². The average Bonchev–Trinajstić information content (AvgIpc) is 3.37. The van der Waals surface area contributed by atoms with Crippen molar-refractivity contribution in [3.63, 3.8) is 0 Å². The lowest BCUT2D eigenvalue weighted by molar-refractivity contribution is -0.727. The maximum absolute atomic E-state index is 4.86. The van der Waals surface area contributed by atoms with Crippen molar-refractivity contribution in [2.45, 2.75) is 51.0 Å². The van der Waals surface area contributed by atoms with Gasteiger partial charge in [-0.15, -0.1) is 0 Å². The molecule has 3 heteroatoms. The van der Waals surface area contributed by atoms with Crippen LogP contribution in [0, 0.1) is 0 Å². The number of benzene rings is 2. The molecule has 5 aromatic rings. The van der Waals surface area contributed by atoms with Gasteiger partial charge in [0.25, 0.3) is 0 Å². The highest BCUT2D eigenvalue weighted by Crippen LogP contribution is 2.45. The van der Waals surface area contributed by atoms with E-state index >= 15 is 0 Å². The van der Waals surface area contributed by atoms with Crippen molar-refractivity contribution in [1.29, 1.82) is 0 Å². The third-order valence-corrected chi connectivity index (χ3v) is 8.83. The van der Waals surface area contributed by atoms with E-state index in [4.69, 9.17) is 6.58 Å². The Labute approximate surface area is 230 Å². The van der Waals surface area contributed by atoms with Crippen molar-refractivity contribution in [2.75, 3.05) is 0 Å². The van der Waals surface area contributed by atoms with Gasteiger partial charge >= 0.3 is 0 Å². The minimum absolute atomic E-state index is 0.0216. The van der Waals surface area contributed by atoms with Gasteiger partial charge in [0.2, 0.25) is 23.1 Å². The highest BCUT2D eigenvalue weighted by Gasteiger charge is 2.46. The molecule has 0 saturated heterocycles. The summed E-state index contributed by atoms with van der Waals surface area (Å²) in [6.45, 7) is 15.8. The SMILES string of the molecule is C=Cc1c[nH]c2cc3c(cc12)-c1ccc(C(C)(C)C)c[n+]1C(=C)C1C(CC3)c2ccccc2-c2cccc[n+]21. The lowest BCUT2D eigenvalue weighted by Crippen LogP contribution is -2.53. The van der Waals surface area contributed by atoms with Gasteiger partial charge in [0.1, 0.15) is 0 Å². The molecule has 0 radical (unpaired) electrons. The van der Waals surface area contributed by atoms with Gasteiger partial charge in [-0.2, -0.15) is 9.13 Å². The average molecular weight is 510 g/mol. The molecule has 192 valence electrons. The van der Waals surface area contributed by atoms with Crippen molar-refractivity contribution < 1.29 is 9.13 Å². The van der Waals surface area contributed by atoms with E-state index < -0.39 is 0 Å². The number of fused-ring (bicyclic) bond motifs is 10. The summed E-state index contributed by atoms with van der Waals surface area (Å²) in [4.78, 5) is 3.49. The summed E-state index contributed by atoms with van der Waals surface area (Å²) in [6, 6.07) is 24.9. The number of allylic oxidation sites excluding steroid dienone is 1. The Kier molecular flexibility index (Phi) is 5.28. The first-order valence-electron chi connectivity index (χ1n) is 14.0. The summed E-state index contributed by atoms with van der Waals surface area (Å²) in [5.74, 6) is 0.307. The van der Waals surface area contributed by atoms with Gasteiger partial charge in [-0.3, -0.25) is 0 Å². The number of aromatic amines is 1. The Morgan fingerprint density at radius 2 is 1.77 bits per heavy atom. The van der Waals surface area contributed by atoms with Crippen molar-refractivity contribution in [2.24, 2.45) is 0 Å². The van der Waals surface area contributed by atoms with Crippen LogP contribution in [0.25, 0.3) is 45.2 Å². The highest BCUT2D eigenvalue weighted by atomic mass is 15.1. The number of hydrogen-bond acceptors (Lipinski definition) is 0. The molecule has 2 aromatic carbocycles. The first-order chi connectivity index (χ1) is 18.8. The van der Waals surface area contributed by atoms with Gasteiger partial charge in [-0.05, 0) is 71.9 Å². The largest absolute Gasteiger partial charge is 0.361 e. The molecule has 1 N–H and O–H groups in total. The van der Waals surface area contributed by atoms with Crippen LogP contribution in [0.15, 0.2) is 98.5 Å². The maximum atomic E-state index is 4.86. The van der Waals surface area contributed by atoms with Crippen LogP contribution in [-0.4, -0.2) is 4.98 Å². The number of pyridine rings is 2. The zero-order chi connectivity index (χ0) is 26.9. The fourth-order valence-electron chi connectivity index (χ4n) is 6.76. The molecule has 39 heavy (non-hydrogen) atoms. The van der Waals surface area contributed by atoms with Crippen molar-refractivity contribution in [3.8, 4) is 22.5 Å². The van der Waals surface area contributed by atoms with Crippen molar-refractivity contribution in [1.82, 2.24) is 4.98 Å². The summed E-state index contributed by atoms with van der Waals surface area (Å²) in [5, 5.41) is 1.21. The van der Waals surface area contributed by atoms with Crippen LogP contribution in [0.1, 0.15) is 61.4 Å². The maximum Gasteiger partial charge on any atom is 0.249 e. The molecule has 0 saturated carbocycles. The second kappa shape index (κ2) is 8.64. The number of nitrogens with one attached hydrogen (secondary N) is 1. The monoisotopic (exact) mass is 509 g/mol. The van der Waals surface area contributed by atoms with Gasteiger partial charge in [-0.25, -0.2) is 0 Å². The van der Waals surface area contributed by atoms with Crippen LogP contribution >= 0.6 is 0 Å². The Bertz CT molecular complexity index is 1800. The van der Waals surface area contributed by atoms with Crippen molar-refractivity contribution in [3.05, 3.63) is 121 Å². The van der Waals surface area contributed by atoms with Crippen LogP contribution in [0.3, 0.4) is 0 Å². The van der Waals surface area contributed by atoms with E-state index in [0.29, 0.717) is 5.92 Å². The summed E-state index contributed by atoms with van der Waals surface area (Å²) in [5.41, 5.74) is 12.6. The van der Waals surface area contributed by atoms with Gasteiger partial charge in [0, 0.05) is 46.4 Å². The zero-order valence-electron chi connectivity index (χ0n) is 23.0. The van der Waals surface area contributed by atoms with E-state index in [1.54, 1.807) is 0 Å². The summed E-state index contributed by atoms with van der Waals surface area (Å²) in [7, 11) is 0. The summed E-state index contributed by atoms with van der Waals surface area (Å²) in [6.07, 6.45) is 10.6. The second-order valence-corrected chi connectivity index (χ2v) is 12.1. The van der Waals surface area contributed by atoms with E-state index in [0.717, 1.165) is 24.1 Å². The van der Waals surface area contributed by atoms with Crippen LogP contribution < -0.4 is 9.13 Å². The standard InChI is InChI=1S/C36H34N3/c1-6-24-21-37-32-19-25-14-16-29-27-11-7-8-12-28(27)33-13-9-10-18-38(33)35(29)23(2)39-22-26(36(3,4)5)15-17-34(39)31(25)20-30(24)32/h6-13,15,17-22,29,35H,1-2,14,16H2,3-5H3/q+1/p+1. The molecule has 0 bridgehead atoms. The molecule has 2 aliphatic heterocycles. The zero-order valence-corrected chi connectivity index (χ0v) is 23.0. The molecule has 3 aromatic heterocycles. The Hall–Kier alpha value is -4.24. The molecule has 3 nitrogen and oxygen atoms in total. The predicted octanol–water partition coefficient (Wildman–Crippen LogP) is 7.77. The number of aromatic nitrogens is 3. The van der Waals surface area contributed by atoms with Gasteiger partial charge in [0.05, 0.1) is 11.5 Å². The Morgan fingerprint density at radius 1 is 0.949 bits per heavy atom. The fourth-order valence-corrected chi connectivity index (χ4v) is 6.76. The second-order valence-electron chi connectivity index (χ2n) is 12.1. The van der Waals surface area contributed by atoms with Crippen LogP contribution in [-0.2, 0) is 11.8 Å². The quantitative estimate of drug-likeness (QED) is 0.223. The van der Waals surface area contributed by atoms with Gasteiger partial charge in [-0.1, -0.05) is 51.6 Å². The highest BCUT2D eigenvalue weighted by molar-refractivity contribution is 5.93. The van der Waals surface area contributed by atoms with Crippen molar-refractivity contribution >= 4 is 22.7 Å². The van der Waals surface area contributed by atoms with E-state index in [1.165, 1.54) is 50.1 Å². The first-order valence-corrected chi connectivity index (χ1v) is 14.0. The van der Waals surface area contributed by atoms with E-state index in [-0.39, 0.29) is 11.5 Å². The number of aryl methyl sites for hydroxylation is 1. The normalized spacial score (nSPS) is 18.1.